The van der Waals surface area contributed by atoms with Crippen LogP contribution in [-0.2, 0) is 22.7 Å². The number of nitrogens with zero attached hydrogens (tertiary/aromatic N) is 2. The van der Waals surface area contributed by atoms with Gasteiger partial charge in [-0.2, -0.15) is 18.3 Å². The zero-order valence-corrected chi connectivity index (χ0v) is 15.2. The molecule has 0 aliphatic heterocycles. The van der Waals surface area contributed by atoms with Crippen molar-refractivity contribution in [3.05, 3.63) is 46.7 Å². The van der Waals surface area contributed by atoms with Crippen LogP contribution in [0.1, 0.15) is 36.6 Å². The summed E-state index contributed by atoms with van der Waals surface area (Å²) in [5.74, 6) is 0.115. The van der Waals surface area contributed by atoms with Gasteiger partial charge in [-0.05, 0) is 49.6 Å². The van der Waals surface area contributed by atoms with Crippen molar-refractivity contribution in [1.29, 1.82) is 0 Å². The number of aromatic nitrogens is 2. The number of halogens is 4. The molecule has 142 valence electrons. The van der Waals surface area contributed by atoms with Gasteiger partial charge in [0.1, 0.15) is 0 Å². The van der Waals surface area contributed by atoms with E-state index in [1.54, 1.807) is 0 Å². The van der Waals surface area contributed by atoms with E-state index in [1.165, 1.54) is 28.9 Å². The first kappa shape index (κ1) is 19.2. The molecule has 3 rings (SSSR count). The third-order valence-corrected chi connectivity index (χ3v) is 5.79. The second-order valence-corrected chi connectivity index (χ2v) is 8.36. The molecule has 1 heterocycles. The van der Waals surface area contributed by atoms with Crippen LogP contribution in [-0.4, -0.2) is 24.7 Å². The van der Waals surface area contributed by atoms with Gasteiger partial charge in [-0.25, -0.2) is 13.1 Å². The van der Waals surface area contributed by atoms with Crippen molar-refractivity contribution in [2.45, 2.75) is 42.8 Å². The zero-order valence-electron chi connectivity index (χ0n) is 13.6. The number of nitrogens with one attached hydrogen (secondary N) is 1. The second-order valence-electron chi connectivity index (χ2n) is 6.15. The molecule has 1 aromatic carbocycles. The van der Waals surface area contributed by atoms with Crippen LogP contribution in [0.4, 0.5) is 13.2 Å². The number of alkyl halides is 3. The SMILES string of the molecule is O=S(=O)(NCCCn1nc(C(F)(F)F)cc1C1CC1)c1ccc(Cl)cc1. The Morgan fingerprint density at radius 1 is 1.23 bits per heavy atom. The van der Waals surface area contributed by atoms with Crippen LogP contribution in [0.25, 0.3) is 0 Å². The van der Waals surface area contributed by atoms with E-state index in [9.17, 15) is 21.6 Å². The fourth-order valence-electron chi connectivity index (χ4n) is 2.59. The number of benzene rings is 1. The first-order valence-electron chi connectivity index (χ1n) is 8.07. The summed E-state index contributed by atoms with van der Waals surface area (Å²) in [6.07, 6.45) is -2.45. The van der Waals surface area contributed by atoms with E-state index in [0.717, 1.165) is 18.9 Å². The summed E-state index contributed by atoms with van der Waals surface area (Å²) in [5.41, 5.74) is -0.334. The number of sulfonamides is 1. The predicted molar refractivity (Wildman–Crippen MR) is 90.5 cm³/mol. The summed E-state index contributed by atoms with van der Waals surface area (Å²) >= 11 is 5.73. The molecule has 2 aromatic rings. The van der Waals surface area contributed by atoms with Gasteiger partial charge in [0.15, 0.2) is 5.69 Å². The van der Waals surface area contributed by atoms with Gasteiger partial charge in [0, 0.05) is 29.7 Å². The molecule has 0 atom stereocenters. The molecule has 1 aliphatic rings. The van der Waals surface area contributed by atoms with E-state index < -0.39 is 21.9 Å². The summed E-state index contributed by atoms with van der Waals surface area (Å²) in [7, 11) is -3.68. The summed E-state index contributed by atoms with van der Waals surface area (Å²) in [6.45, 7) is 0.307. The molecule has 0 unspecified atom stereocenters. The number of hydrogen-bond acceptors (Lipinski definition) is 3. The Morgan fingerprint density at radius 3 is 2.46 bits per heavy atom. The lowest BCUT2D eigenvalue weighted by Crippen LogP contribution is -2.25. The average molecular weight is 408 g/mol. The van der Waals surface area contributed by atoms with Crippen molar-refractivity contribution in [2.75, 3.05) is 6.54 Å². The lowest BCUT2D eigenvalue weighted by Gasteiger charge is -2.09. The van der Waals surface area contributed by atoms with Gasteiger partial charge < -0.3 is 0 Å². The van der Waals surface area contributed by atoms with Gasteiger partial charge >= 0.3 is 6.18 Å². The lowest BCUT2D eigenvalue weighted by atomic mass is 10.2. The fourth-order valence-corrected chi connectivity index (χ4v) is 3.79. The van der Waals surface area contributed by atoms with Crippen molar-refractivity contribution in [3.8, 4) is 0 Å². The molecule has 0 bridgehead atoms. The standard InChI is InChI=1S/C16H17ClF3N3O2S/c17-12-4-6-13(7-5-12)26(24,25)21-8-1-9-23-14(11-2-3-11)10-15(22-23)16(18,19)20/h4-7,10-11,21H,1-3,8-9H2. The second kappa shape index (κ2) is 7.21. The summed E-state index contributed by atoms with van der Waals surface area (Å²) in [5, 5.41) is 4.07. The van der Waals surface area contributed by atoms with E-state index >= 15 is 0 Å². The minimum absolute atomic E-state index is 0.0824. The number of hydrogen-bond donors (Lipinski definition) is 1. The van der Waals surface area contributed by atoms with Crippen LogP contribution in [0.3, 0.4) is 0 Å². The molecular formula is C16H17ClF3N3O2S. The maximum absolute atomic E-state index is 12.8. The number of rotatable bonds is 7. The number of aryl methyl sites for hydroxylation is 1. The van der Waals surface area contributed by atoms with Gasteiger partial charge in [0.25, 0.3) is 0 Å². The lowest BCUT2D eigenvalue weighted by molar-refractivity contribution is -0.141. The monoisotopic (exact) mass is 407 g/mol. The highest BCUT2D eigenvalue weighted by molar-refractivity contribution is 7.89. The summed E-state index contributed by atoms with van der Waals surface area (Å²) in [6, 6.07) is 6.81. The summed E-state index contributed by atoms with van der Waals surface area (Å²) < 4.78 is 66.6. The third-order valence-electron chi connectivity index (χ3n) is 4.06. The molecule has 5 nitrogen and oxygen atoms in total. The Bertz CT molecular complexity index is 875. The predicted octanol–water partition coefficient (Wildman–Crippen LogP) is 3.80. The Balaban J connectivity index is 1.60. The van der Waals surface area contributed by atoms with E-state index in [0.29, 0.717) is 17.1 Å². The van der Waals surface area contributed by atoms with Crippen molar-refractivity contribution < 1.29 is 21.6 Å². The molecular weight excluding hydrogens is 391 g/mol. The van der Waals surface area contributed by atoms with Crippen molar-refractivity contribution >= 4 is 21.6 Å². The third kappa shape index (κ3) is 4.57. The first-order valence-corrected chi connectivity index (χ1v) is 9.93. The molecule has 26 heavy (non-hydrogen) atoms. The Morgan fingerprint density at radius 2 is 1.88 bits per heavy atom. The normalized spacial score (nSPS) is 15.4. The van der Waals surface area contributed by atoms with Crippen LogP contribution in [0, 0.1) is 0 Å². The van der Waals surface area contributed by atoms with Crippen LogP contribution in [0.15, 0.2) is 35.2 Å². The van der Waals surface area contributed by atoms with Gasteiger partial charge in [0.2, 0.25) is 10.0 Å². The quantitative estimate of drug-likeness (QED) is 0.710. The Labute approximate surface area is 154 Å². The van der Waals surface area contributed by atoms with E-state index in [4.69, 9.17) is 11.6 Å². The van der Waals surface area contributed by atoms with E-state index in [1.807, 2.05) is 0 Å². The maximum atomic E-state index is 12.8. The maximum Gasteiger partial charge on any atom is 0.435 e. The van der Waals surface area contributed by atoms with Gasteiger partial charge in [0.05, 0.1) is 4.90 Å². The fraction of sp³-hybridized carbons (Fsp3) is 0.438. The molecule has 1 N–H and O–H groups in total. The molecule has 10 heteroatoms. The average Bonchev–Trinajstić information content (AvgIpc) is 3.30. The zero-order chi connectivity index (χ0) is 18.9. The Hall–Kier alpha value is -1.58. The largest absolute Gasteiger partial charge is 0.435 e. The highest BCUT2D eigenvalue weighted by atomic mass is 35.5. The van der Waals surface area contributed by atoms with Crippen molar-refractivity contribution in [3.63, 3.8) is 0 Å². The van der Waals surface area contributed by atoms with E-state index in [2.05, 4.69) is 9.82 Å². The minimum atomic E-state index is -4.48. The molecule has 1 fully saturated rings. The topological polar surface area (TPSA) is 64.0 Å². The van der Waals surface area contributed by atoms with E-state index in [-0.39, 0.29) is 23.9 Å². The van der Waals surface area contributed by atoms with Gasteiger partial charge in [-0.3, -0.25) is 4.68 Å². The Kier molecular flexibility index (Phi) is 5.32. The summed E-state index contributed by atoms with van der Waals surface area (Å²) in [4.78, 5) is 0.0824. The van der Waals surface area contributed by atoms with Crippen LogP contribution < -0.4 is 4.72 Å². The van der Waals surface area contributed by atoms with Crippen LogP contribution in [0.5, 0.6) is 0 Å². The smallest absolute Gasteiger partial charge is 0.269 e. The molecule has 0 amide bonds. The molecule has 1 aromatic heterocycles. The highest BCUT2D eigenvalue weighted by Gasteiger charge is 2.37. The molecule has 1 saturated carbocycles. The van der Waals surface area contributed by atoms with Gasteiger partial charge in [-0.15, -0.1) is 0 Å². The van der Waals surface area contributed by atoms with Crippen LogP contribution >= 0.6 is 11.6 Å². The van der Waals surface area contributed by atoms with Crippen LogP contribution in [0.2, 0.25) is 5.02 Å². The molecule has 0 saturated heterocycles. The van der Waals surface area contributed by atoms with Crippen molar-refractivity contribution in [2.24, 2.45) is 0 Å². The minimum Gasteiger partial charge on any atom is -0.269 e. The van der Waals surface area contributed by atoms with Crippen molar-refractivity contribution in [1.82, 2.24) is 14.5 Å². The van der Waals surface area contributed by atoms with Gasteiger partial charge in [-0.1, -0.05) is 11.6 Å². The molecule has 1 aliphatic carbocycles. The molecule has 0 radical (unpaired) electrons. The highest BCUT2D eigenvalue weighted by Crippen LogP contribution is 2.42. The first-order chi connectivity index (χ1) is 12.2. The molecule has 0 spiro atoms.